The minimum absolute atomic E-state index is 0.703. The summed E-state index contributed by atoms with van der Waals surface area (Å²) in [5, 5.41) is 3.82. The molecule has 0 aromatic rings. The Morgan fingerprint density at radius 2 is 1.57 bits per heavy atom. The first-order valence-corrected chi connectivity index (χ1v) is 9.63. The van der Waals surface area contributed by atoms with Crippen molar-refractivity contribution < 1.29 is 0 Å². The number of hydrogen-bond acceptors (Lipinski definition) is 2. The van der Waals surface area contributed by atoms with Crippen molar-refractivity contribution in [3.8, 4) is 0 Å². The molecule has 2 nitrogen and oxygen atoms in total. The highest BCUT2D eigenvalue weighted by Gasteiger charge is 2.31. The largest absolute Gasteiger partial charge is 0.313 e. The lowest BCUT2D eigenvalue weighted by atomic mass is 9.89. The van der Waals surface area contributed by atoms with Crippen LogP contribution >= 0.6 is 0 Å². The predicted molar refractivity (Wildman–Crippen MR) is 94.9 cm³/mol. The highest BCUT2D eigenvalue weighted by molar-refractivity contribution is 4.89. The molecule has 1 fully saturated rings. The zero-order chi connectivity index (χ0) is 15.7. The second-order valence-electron chi connectivity index (χ2n) is 7.28. The van der Waals surface area contributed by atoms with Crippen molar-refractivity contribution in [3.63, 3.8) is 0 Å². The minimum atomic E-state index is 0.703. The van der Waals surface area contributed by atoms with Gasteiger partial charge in [-0.1, -0.05) is 60.3 Å². The number of rotatable bonds is 8. The molecule has 0 saturated heterocycles. The third kappa shape index (κ3) is 6.28. The molecule has 1 aliphatic carbocycles. The van der Waals surface area contributed by atoms with E-state index < -0.39 is 0 Å². The summed E-state index contributed by atoms with van der Waals surface area (Å²) < 4.78 is 0. The van der Waals surface area contributed by atoms with Crippen molar-refractivity contribution in [1.82, 2.24) is 10.2 Å². The lowest BCUT2D eigenvalue weighted by Gasteiger charge is -2.43. The van der Waals surface area contributed by atoms with Gasteiger partial charge >= 0.3 is 0 Å². The number of nitrogens with zero attached hydrogens (tertiary/aromatic N) is 1. The summed E-state index contributed by atoms with van der Waals surface area (Å²) in [6.45, 7) is 14.1. The zero-order valence-electron chi connectivity index (χ0n) is 15.3. The highest BCUT2D eigenvalue weighted by Crippen LogP contribution is 2.26. The molecule has 0 amide bonds. The Hall–Kier alpha value is -0.0800. The van der Waals surface area contributed by atoms with Crippen LogP contribution in [0.3, 0.4) is 0 Å². The number of hydrogen-bond donors (Lipinski definition) is 1. The standard InChI is InChI=1S/C19H40N2/c1-6-17(7-2)21(15-16(4)5)19-14-12-10-9-11-13-18(19)20-8-3/h16-20H,6-15H2,1-5H3. The van der Waals surface area contributed by atoms with Crippen LogP contribution in [0.4, 0.5) is 0 Å². The average molecular weight is 297 g/mol. The Bertz CT molecular complexity index is 248. The van der Waals surface area contributed by atoms with Crippen molar-refractivity contribution >= 4 is 0 Å². The third-order valence-corrected chi connectivity index (χ3v) is 5.11. The van der Waals surface area contributed by atoms with Crippen LogP contribution in [0.25, 0.3) is 0 Å². The summed E-state index contributed by atoms with van der Waals surface area (Å²) in [6, 6.07) is 2.21. The molecule has 0 spiro atoms. The van der Waals surface area contributed by atoms with Crippen molar-refractivity contribution in [2.24, 2.45) is 5.92 Å². The quantitative estimate of drug-likeness (QED) is 0.690. The van der Waals surface area contributed by atoms with Crippen molar-refractivity contribution in [3.05, 3.63) is 0 Å². The molecular weight excluding hydrogens is 256 g/mol. The van der Waals surface area contributed by atoms with Crippen LogP contribution in [0, 0.1) is 5.92 Å². The number of nitrogens with one attached hydrogen (secondary N) is 1. The molecule has 0 aromatic carbocycles. The molecule has 0 bridgehead atoms. The monoisotopic (exact) mass is 296 g/mol. The zero-order valence-corrected chi connectivity index (χ0v) is 15.3. The average Bonchev–Trinajstić information content (AvgIpc) is 2.42. The fraction of sp³-hybridized carbons (Fsp3) is 1.00. The lowest BCUT2D eigenvalue weighted by molar-refractivity contribution is 0.0704. The third-order valence-electron chi connectivity index (χ3n) is 5.11. The SMILES string of the molecule is CCNC1CCCCCCC1N(CC(C)C)C(CC)CC. The Morgan fingerprint density at radius 1 is 0.952 bits per heavy atom. The summed E-state index contributed by atoms with van der Waals surface area (Å²) in [4.78, 5) is 2.88. The van der Waals surface area contributed by atoms with Gasteiger partial charge in [-0.25, -0.2) is 0 Å². The summed E-state index contributed by atoms with van der Waals surface area (Å²) in [6.07, 6.45) is 11.0. The van der Waals surface area contributed by atoms with Crippen LogP contribution in [0.5, 0.6) is 0 Å². The number of likely N-dealkylation sites (N-methyl/N-ethyl adjacent to an activating group) is 1. The van der Waals surface area contributed by atoms with E-state index in [-0.39, 0.29) is 0 Å². The smallest absolute Gasteiger partial charge is 0.0252 e. The van der Waals surface area contributed by atoms with E-state index in [2.05, 4.69) is 44.8 Å². The van der Waals surface area contributed by atoms with Crippen LogP contribution < -0.4 is 5.32 Å². The van der Waals surface area contributed by atoms with Crippen LogP contribution in [0.15, 0.2) is 0 Å². The molecule has 1 aliphatic rings. The Balaban J connectivity index is 2.89. The van der Waals surface area contributed by atoms with Gasteiger partial charge in [0.15, 0.2) is 0 Å². The molecule has 21 heavy (non-hydrogen) atoms. The highest BCUT2D eigenvalue weighted by atomic mass is 15.2. The van der Waals surface area contributed by atoms with E-state index in [0.717, 1.165) is 24.5 Å². The van der Waals surface area contributed by atoms with Gasteiger partial charge in [0.1, 0.15) is 0 Å². The molecule has 2 heteroatoms. The van der Waals surface area contributed by atoms with Crippen molar-refractivity contribution in [1.29, 1.82) is 0 Å². The first-order valence-electron chi connectivity index (χ1n) is 9.63. The van der Waals surface area contributed by atoms with E-state index in [0.29, 0.717) is 6.04 Å². The summed E-state index contributed by atoms with van der Waals surface area (Å²) >= 11 is 0. The van der Waals surface area contributed by atoms with Crippen molar-refractivity contribution in [2.75, 3.05) is 13.1 Å². The van der Waals surface area contributed by atoms with Gasteiger partial charge in [-0.2, -0.15) is 0 Å². The van der Waals surface area contributed by atoms with Crippen LogP contribution in [0.1, 0.15) is 86.0 Å². The minimum Gasteiger partial charge on any atom is -0.313 e. The molecule has 1 N–H and O–H groups in total. The van der Waals surface area contributed by atoms with Gasteiger partial charge in [-0.15, -0.1) is 0 Å². The molecule has 0 aromatic heterocycles. The van der Waals surface area contributed by atoms with Crippen LogP contribution in [-0.4, -0.2) is 36.1 Å². The van der Waals surface area contributed by atoms with Gasteiger partial charge < -0.3 is 5.32 Å². The molecule has 0 aliphatic heterocycles. The summed E-state index contributed by atoms with van der Waals surface area (Å²) in [7, 11) is 0. The van der Waals surface area contributed by atoms with Gasteiger partial charge in [-0.05, 0) is 38.1 Å². The fourth-order valence-corrected chi connectivity index (χ4v) is 4.10. The molecule has 1 rings (SSSR count). The van der Waals surface area contributed by atoms with Gasteiger partial charge in [-0.3, -0.25) is 4.90 Å². The maximum absolute atomic E-state index is 3.82. The predicted octanol–water partition coefficient (Wildman–Crippen LogP) is 4.83. The van der Waals surface area contributed by atoms with E-state index in [4.69, 9.17) is 0 Å². The second kappa shape index (κ2) is 10.6. The van der Waals surface area contributed by atoms with E-state index >= 15 is 0 Å². The first-order chi connectivity index (χ1) is 10.1. The molecule has 0 heterocycles. The molecule has 1 saturated carbocycles. The van der Waals surface area contributed by atoms with Gasteiger partial charge in [0.05, 0.1) is 0 Å². The Morgan fingerprint density at radius 3 is 2.10 bits per heavy atom. The molecular formula is C19H40N2. The Kier molecular flexibility index (Phi) is 9.59. The van der Waals surface area contributed by atoms with E-state index in [1.54, 1.807) is 0 Å². The molecule has 126 valence electrons. The summed E-state index contributed by atoms with van der Waals surface area (Å²) in [5.74, 6) is 0.762. The van der Waals surface area contributed by atoms with Crippen molar-refractivity contribution in [2.45, 2.75) is 104 Å². The van der Waals surface area contributed by atoms with Gasteiger partial charge in [0.25, 0.3) is 0 Å². The summed E-state index contributed by atoms with van der Waals surface area (Å²) in [5.41, 5.74) is 0. The molecule has 2 unspecified atom stereocenters. The van der Waals surface area contributed by atoms with Gasteiger partial charge in [0.2, 0.25) is 0 Å². The van der Waals surface area contributed by atoms with Crippen LogP contribution in [-0.2, 0) is 0 Å². The lowest BCUT2D eigenvalue weighted by Crippen LogP contribution is -2.54. The second-order valence-corrected chi connectivity index (χ2v) is 7.28. The topological polar surface area (TPSA) is 15.3 Å². The Labute approximate surface area is 134 Å². The van der Waals surface area contributed by atoms with E-state index in [1.807, 2.05) is 0 Å². The van der Waals surface area contributed by atoms with E-state index in [9.17, 15) is 0 Å². The molecule has 2 atom stereocenters. The first kappa shape index (κ1) is 19.0. The van der Waals surface area contributed by atoms with Crippen LogP contribution in [0.2, 0.25) is 0 Å². The van der Waals surface area contributed by atoms with E-state index in [1.165, 1.54) is 57.9 Å². The normalized spacial score (nSPS) is 24.6. The maximum Gasteiger partial charge on any atom is 0.0252 e. The van der Waals surface area contributed by atoms with Gasteiger partial charge in [0, 0.05) is 24.7 Å². The molecule has 0 radical (unpaired) electrons. The fourth-order valence-electron chi connectivity index (χ4n) is 4.10. The maximum atomic E-state index is 3.82.